The smallest absolute Gasteiger partial charge is 0.163 e. The number of ketones is 1. The van der Waals surface area contributed by atoms with Gasteiger partial charge in [0.05, 0.1) is 0 Å². The fraction of sp³-hybridized carbons (Fsp3) is 0.588. The average Bonchev–Trinajstić information content (AvgIpc) is 2.43. The van der Waals surface area contributed by atoms with Crippen molar-refractivity contribution in [3.05, 3.63) is 35.4 Å². The molecule has 0 amide bonds. The van der Waals surface area contributed by atoms with E-state index < -0.39 is 0 Å². The Bertz CT molecular complexity index is 373. The van der Waals surface area contributed by atoms with Gasteiger partial charge in [0.1, 0.15) is 0 Å². The molecule has 0 bridgehead atoms. The molecule has 0 saturated carbocycles. The fourth-order valence-corrected chi connectivity index (χ4v) is 2.69. The maximum Gasteiger partial charge on any atom is 0.163 e. The van der Waals surface area contributed by atoms with Crippen molar-refractivity contribution < 1.29 is 4.79 Å². The van der Waals surface area contributed by atoms with Gasteiger partial charge in [0.2, 0.25) is 0 Å². The van der Waals surface area contributed by atoms with Crippen LogP contribution in [0, 0.1) is 0 Å². The van der Waals surface area contributed by atoms with Gasteiger partial charge in [0.25, 0.3) is 0 Å². The van der Waals surface area contributed by atoms with E-state index in [9.17, 15) is 4.79 Å². The fourth-order valence-electron chi connectivity index (χ4n) is 2.33. The van der Waals surface area contributed by atoms with Crippen molar-refractivity contribution in [3.63, 3.8) is 0 Å². The number of Topliss-reactive ketones (excluding diaryl/α,β-unsaturated/α-hetero) is 1. The van der Waals surface area contributed by atoms with Crippen LogP contribution in [0.5, 0.6) is 0 Å². The number of halogens is 1. The summed E-state index contributed by atoms with van der Waals surface area (Å²) in [5.74, 6) is 0.262. The molecule has 0 saturated heterocycles. The van der Waals surface area contributed by atoms with Crippen LogP contribution in [0.4, 0.5) is 0 Å². The highest BCUT2D eigenvalue weighted by Crippen LogP contribution is 2.16. The minimum atomic E-state index is 0.262. The first-order chi connectivity index (χ1) is 9.29. The van der Waals surface area contributed by atoms with Gasteiger partial charge in [0.15, 0.2) is 5.78 Å². The molecule has 106 valence electrons. The van der Waals surface area contributed by atoms with Crippen LogP contribution < -0.4 is 0 Å². The Labute approximate surface area is 125 Å². The quantitative estimate of drug-likeness (QED) is 0.313. The number of aryl methyl sites for hydroxylation is 1. The van der Waals surface area contributed by atoms with Gasteiger partial charge >= 0.3 is 0 Å². The van der Waals surface area contributed by atoms with E-state index in [1.165, 1.54) is 44.1 Å². The number of alkyl halides is 1. The van der Waals surface area contributed by atoms with Crippen molar-refractivity contribution in [3.8, 4) is 0 Å². The highest BCUT2D eigenvalue weighted by atomic mass is 79.9. The average molecular weight is 325 g/mol. The Morgan fingerprint density at radius 2 is 1.74 bits per heavy atom. The molecular formula is C17H25BrO. The zero-order valence-electron chi connectivity index (χ0n) is 12.0. The highest BCUT2D eigenvalue weighted by Gasteiger charge is 2.09. The van der Waals surface area contributed by atoms with Gasteiger partial charge < -0.3 is 0 Å². The van der Waals surface area contributed by atoms with Gasteiger partial charge in [-0.25, -0.2) is 0 Å². The highest BCUT2D eigenvalue weighted by molar-refractivity contribution is 9.09. The van der Waals surface area contributed by atoms with Crippen LogP contribution in [0.25, 0.3) is 0 Å². The van der Waals surface area contributed by atoms with Gasteiger partial charge in [-0.3, -0.25) is 4.79 Å². The first-order valence-corrected chi connectivity index (χ1v) is 8.58. The summed E-state index contributed by atoms with van der Waals surface area (Å²) < 4.78 is 0. The van der Waals surface area contributed by atoms with Crippen molar-refractivity contribution in [2.75, 3.05) is 5.33 Å². The molecule has 0 aliphatic heterocycles. The number of carbonyl (C=O) groups excluding carboxylic acids is 1. The summed E-state index contributed by atoms with van der Waals surface area (Å²) in [6.07, 6.45) is 9.42. The predicted molar refractivity (Wildman–Crippen MR) is 86.3 cm³/mol. The van der Waals surface area contributed by atoms with Crippen LogP contribution in [0.3, 0.4) is 0 Å². The van der Waals surface area contributed by atoms with Gasteiger partial charge in [-0.05, 0) is 18.4 Å². The number of hydrogen-bond acceptors (Lipinski definition) is 1. The van der Waals surface area contributed by atoms with Crippen LogP contribution in [-0.2, 0) is 6.42 Å². The summed E-state index contributed by atoms with van der Waals surface area (Å²) in [4.78, 5) is 12.0. The van der Waals surface area contributed by atoms with Crippen molar-refractivity contribution in [2.45, 2.75) is 58.3 Å². The molecule has 0 heterocycles. The third-order valence-corrected chi connectivity index (χ3v) is 3.84. The molecule has 19 heavy (non-hydrogen) atoms. The number of carbonyl (C=O) groups is 1. The molecule has 2 heteroatoms. The molecule has 0 N–H and O–H groups in total. The van der Waals surface area contributed by atoms with Gasteiger partial charge in [-0.15, -0.1) is 0 Å². The van der Waals surface area contributed by atoms with E-state index in [-0.39, 0.29) is 5.78 Å². The maximum atomic E-state index is 12.0. The molecule has 0 aliphatic carbocycles. The Morgan fingerprint density at radius 1 is 1.05 bits per heavy atom. The molecular weight excluding hydrogens is 300 g/mol. The van der Waals surface area contributed by atoms with E-state index in [0.717, 1.165) is 17.3 Å². The summed E-state index contributed by atoms with van der Waals surface area (Å²) in [6.45, 7) is 2.24. The van der Waals surface area contributed by atoms with Crippen LogP contribution in [-0.4, -0.2) is 11.1 Å². The Morgan fingerprint density at radius 3 is 2.47 bits per heavy atom. The Balaban J connectivity index is 2.42. The van der Waals surface area contributed by atoms with Crippen molar-refractivity contribution >= 4 is 21.7 Å². The van der Waals surface area contributed by atoms with E-state index in [2.05, 4.69) is 28.9 Å². The third kappa shape index (κ3) is 6.38. The topological polar surface area (TPSA) is 17.1 Å². The van der Waals surface area contributed by atoms with Crippen LogP contribution >= 0.6 is 15.9 Å². The van der Waals surface area contributed by atoms with Crippen molar-refractivity contribution in [2.24, 2.45) is 0 Å². The largest absolute Gasteiger partial charge is 0.294 e. The van der Waals surface area contributed by atoms with Crippen LogP contribution in [0.15, 0.2) is 24.3 Å². The maximum absolute atomic E-state index is 12.0. The SMILES string of the molecule is CCCCCCCCc1ccccc1C(=O)CCBr. The van der Waals surface area contributed by atoms with Crippen LogP contribution in [0.2, 0.25) is 0 Å². The van der Waals surface area contributed by atoms with E-state index in [1.54, 1.807) is 0 Å². The zero-order chi connectivity index (χ0) is 13.9. The molecule has 0 unspecified atom stereocenters. The molecule has 1 aromatic carbocycles. The van der Waals surface area contributed by atoms with E-state index >= 15 is 0 Å². The Hall–Kier alpha value is -0.630. The lowest BCUT2D eigenvalue weighted by Crippen LogP contribution is -2.04. The summed E-state index contributed by atoms with van der Waals surface area (Å²) in [5.41, 5.74) is 2.15. The minimum Gasteiger partial charge on any atom is -0.294 e. The monoisotopic (exact) mass is 324 g/mol. The van der Waals surface area contributed by atoms with Crippen LogP contribution in [0.1, 0.15) is 67.8 Å². The van der Waals surface area contributed by atoms with Crippen molar-refractivity contribution in [1.29, 1.82) is 0 Å². The predicted octanol–water partition coefficient (Wildman–Crippen LogP) is 5.56. The summed E-state index contributed by atoms with van der Waals surface area (Å²) in [7, 11) is 0. The lowest BCUT2D eigenvalue weighted by Gasteiger charge is -2.08. The van der Waals surface area contributed by atoms with Gasteiger partial charge in [-0.1, -0.05) is 79.2 Å². The summed E-state index contributed by atoms with van der Waals surface area (Å²) in [5, 5.41) is 0.747. The second-order valence-electron chi connectivity index (χ2n) is 5.04. The molecule has 0 atom stereocenters. The first kappa shape index (κ1) is 16.4. The number of unbranched alkanes of at least 4 members (excludes halogenated alkanes) is 5. The lowest BCUT2D eigenvalue weighted by molar-refractivity contribution is 0.0989. The normalized spacial score (nSPS) is 10.6. The van der Waals surface area contributed by atoms with E-state index in [4.69, 9.17) is 0 Å². The number of rotatable bonds is 10. The van der Waals surface area contributed by atoms with Gasteiger partial charge in [0, 0.05) is 17.3 Å². The standard InChI is InChI=1S/C17H25BrO/c1-2-3-4-5-6-7-10-15-11-8-9-12-16(15)17(19)13-14-18/h8-9,11-12H,2-7,10,13-14H2,1H3. The second kappa shape index (κ2) is 10.2. The third-order valence-electron chi connectivity index (χ3n) is 3.44. The van der Waals surface area contributed by atoms with E-state index in [0.29, 0.717) is 6.42 Å². The molecule has 0 radical (unpaired) electrons. The molecule has 1 aromatic rings. The first-order valence-electron chi connectivity index (χ1n) is 7.46. The number of benzene rings is 1. The lowest BCUT2D eigenvalue weighted by atomic mass is 9.97. The van der Waals surface area contributed by atoms with E-state index in [1.807, 2.05) is 18.2 Å². The molecule has 0 aromatic heterocycles. The number of hydrogen-bond donors (Lipinski definition) is 0. The molecule has 0 fully saturated rings. The molecule has 1 nitrogen and oxygen atoms in total. The zero-order valence-corrected chi connectivity index (χ0v) is 13.5. The Kier molecular flexibility index (Phi) is 8.81. The van der Waals surface area contributed by atoms with Gasteiger partial charge in [-0.2, -0.15) is 0 Å². The second-order valence-corrected chi connectivity index (χ2v) is 5.83. The molecule has 0 aliphatic rings. The molecule has 0 spiro atoms. The minimum absolute atomic E-state index is 0.262. The summed E-state index contributed by atoms with van der Waals surface area (Å²) >= 11 is 3.34. The summed E-state index contributed by atoms with van der Waals surface area (Å²) in [6, 6.07) is 8.08. The molecule has 1 rings (SSSR count). The van der Waals surface area contributed by atoms with Crippen molar-refractivity contribution in [1.82, 2.24) is 0 Å².